The van der Waals surface area contributed by atoms with Gasteiger partial charge in [0.1, 0.15) is 5.76 Å². The molecule has 1 aromatic heterocycles. The van der Waals surface area contributed by atoms with Crippen molar-refractivity contribution in [2.45, 2.75) is 45.7 Å². The molecule has 104 valence electrons. The third-order valence-corrected chi connectivity index (χ3v) is 4.80. The zero-order valence-electron chi connectivity index (χ0n) is 11.3. The monoisotopic (exact) mass is 273 g/mol. The number of hydrogen-bond acceptors (Lipinski definition) is 4. The van der Waals surface area contributed by atoms with Crippen molar-refractivity contribution < 1.29 is 12.8 Å². The van der Waals surface area contributed by atoms with Crippen LogP contribution in [0.1, 0.15) is 33.0 Å². The first-order chi connectivity index (χ1) is 8.43. The second-order valence-electron chi connectivity index (χ2n) is 4.79. The minimum atomic E-state index is -2.90. The Kier molecular flexibility index (Phi) is 5.88. The number of aryl methyl sites for hydroxylation is 1. The zero-order valence-corrected chi connectivity index (χ0v) is 12.2. The Bertz CT molecular complexity index is 425. The van der Waals surface area contributed by atoms with Gasteiger partial charge in [0.25, 0.3) is 0 Å². The van der Waals surface area contributed by atoms with Crippen LogP contribution in [0.4, 0.5) is 0 Å². The minimum absolute atomic E-state index is 0.0125. The second kappa shape index (κ2) is 6.95. The van der Waals surface area contributed by atoms with E-state index in [1.807, 2.05) is 19.1 Å². The van der Waals surface area contributed by atoms with Crippen LogP contribution in [-0.4, -0.2) is 32.0 Å². The van der Waals surface area contributed by atoms with Crippen molar-refractivity contribution in [1.29, 1.82) is 0 Å². The molecule has 18 heavy (non-hydrogen) atoms. The first-order valence-corrected chi connectivity index (χ1v) is 8.24. The normalized spacial score (nSPS) is 15.5. The zero-order chi connectivity index (χ0) is 13.6. The number of rotatable bonds is 8. The van der Waals surface area contributed by atoms with E-state index in [-0.39, 0.29) is 23.6 Å². The molecule has 0 aliphatic heterocycles. The van der Waals surface area contributed by atoms with Crippen LogP contribution in [0.5, 0.6) is 0 Å². The molecule has 0 aromatic carbocycles. The van der Waals surface area contributed by atoms with Crippen LogP contribution in [0.2, 0.25) is 0 Å². The summed E-state index contributed by atoms with van der Waals surface area (Å²) in [4.78, 5) is 0. The summed E-state index contributed by atoms with van der Waals surface area (Å²) in [5.41, 5.74) is 0. The summed E-state index contributed by atoms with van der Waals surface area (Å²) in [6.45, 7) is 5.66. The minimum Gasteiger partial charge on any atom is -0.469 e. The molecule has 0 fully saturated rings. The van der Waals surface area contributed by atoms with E-state index in [1.165, 1.54) is 0 Å². The van der Waals surface area contributed by atoms with Crippen molar-refractivity contribution in [2.75, 3.05) is 11.5 Å². The van der Waals surface area contributed by atoms with Crippen molar-refractivity contribution in [1.82, 2.24) is 5.32 Å². The lowest BCUT2D eigenvalue weighted by atomic mass is 10.1. The van der Waals surface area contributed by atoms with Crippen LogP contribution in [0.25, 0.3) is 0 Å². The SMILES string of the molecule is CCS(=O)(=O)CC(C)NC(C)CCc1ccco1. The molecule has 0 aliphatic carbocycles. The average Bonchev–Trinajstić information content (AvgIpc) is 2.78. The smallest absolute Gasteiger partial charge is 0.151 e. The predicted octanol–water partition coefficient (Wildman–Crippen LogP) is 2.01. The molecule has 1 aromatic rings. The van der Waals surface area contributed by atoms with Crippen LogP contribution in [0.3, 0.4) is 0 Å². The van der Waals surface area contributed by atoms with Gasteiger partial charge in [0.05, 0.1) is 12.0 Å². The van der Waals surface area contributed by atoms with E-state index in [2.05, 4.69) is 12.2 Å². The van der Waals surface area contributed by atoms with E-state index in [9.17, 15) is 8.42 Å². The molecule has 0 spiro atoms. The highest BCUT2D eigenvalue weighted by atomic mass is 32.2. The second-order valence-corrected chi connectivity index (χ2v) is 7.18. The fraction of sp³-hybridized carbons (Fsp3) is 0.692. The molecule has 2 atom stereocenters. The number of furan rings is 1. The van der Waals surface area contributed by atoms with E-state index in [0.717, 1.165) is 18.6 Å². The Morgan fingerprint density at radius 3 is 2.61 bits per heavy atom. The molecular formula is C13H23NO3S. The lowest BCUT2D eigenvalue weighted by Crippen LogP contribution is -2.39. The Balaban J connectivity index is 2.29. The first-order valence-electron chi connectivity index (χ1n) is 6.42. The number of nitrogens with one attached hydrogen (secondary N) is 1. The van der Waals surface area contributed by atoms with Gasteiger partial charge in [0, 0.05) is 24.3 Å². The highest BCUT2D eigenvalue weighted by Gasteiger charge is 2.15. The molecule has 1 N–H and O–H groups in total. The number of sulfone groups is 1. The lowest BCUT2D eigenvalue weighted by molar-refractivity contribution is 0.436. The molecular weight excluding hydrogens is 250 g/mol. The van der Waals surface area contributed by atoms with Gasteiger partial charge in [-0.1, -0.05) is 6.92 Å². The fourth-order valence-electron chi connectivity index (χ4n) is 1.93. The van der Waals surface area contributed by atoms with Crippen molar-refractivity contribution in [3.8, 4) is 0 Å². The molecule has 0 saturated heterocycles. The standard InChI is InChI=1S/C13H23NO3S/c1-4-18(15,16)10-12(3)14-11(2)7-8-13-6-5-9-17-13/h5-6,9,11-12,14H,4,7-8,10H2,1-3H3. The summed E-state index contributed by atoms with van der Waals surface area (Å²) in [6.07, 6.45) is 3.47. The predicted molar refractivity (Wildman–Crippen MR) is 73.4 cm³/mol. The van der Waals surface area contributed by atoms with Crippen LogP contribution < -0.4 is 5.32 Å². The summed E-state index contributed by atoms with van der Waals surface area (Å²) in [5.74, 6) is 1.38. The van der Waals surface area contributed by atoms with Crippen molar-refractivity contribution in [3.05, 3.63) is 24.2 Å². The van der Waals surface area contributed by atoms with Gasteiger partial charge >= 0.3 is 0 Å². The van der Waals surface area contributed by atoms with E-state index < -0.39 is 9.84 Å². The highest BCUT2D eigenvalue weighted by molar-refractivity contribution is 7.91. The summed E-state index contributed by atoms with van der Waals surface area (Å²) in [5, 5.41) is 3.31. The van der Waals surface area contributed by atoms with Crippen LogP contribution in [0, 0.1) is 0 Å². The Hall–Kier alpha value is -0.810. The summed E-state index contributed by atoms with van der Waals surface area (Å²) in [7, 11) is -2.90. The molecule has 1 rings (SSSR count). The maximum Gasteiger partial charge on any atom is 0.151 e. The number of hydrogen-bond donors (Lipinski definition) is 1. The Morgan fingerprint density at radius 1 is 1.33 bits per heavy atom. The van der Waals surface area contributed by atoms with Gasteiger partial charge in [-0.25, -0.2) is 8.42 Å². The van der Waals surface area contributed by atoms with Gasteiger partial charge in [-0.15, -0.1) is 0 Å². The molecule has 0 saturated carbocycles. The van der Waals surface area contributed by atoms with Crippen molar-refractivity contribution >= 4 is 9.84 Å². The third-order valence-electron chi connectivity index (χ3n) is 2.92. The summed E-state index contributed by atoms with van der Waals surface area (Å²) < 4.78 is 28.2. The lowest BCUT2D eigenvalue weighted by Gasteiger charge is -2.19. The average molecular weight is 273 g/mol. The quantitative estimate of drug-likeness (QED) is 0.787. The maximum atomic E-state index is 11.5. The molecule has 0 aliphatic rings. The fourth-order valence-corrected chi connectivity index (χ4v) is 3.02. The molecule has 2 unspecified atom stereocenters. The van der Waals surface area contributed by atoms with Gasteiger partial charge in [-0.05, 0) is 32.4 Å². The molecule has 0 bridgehead atoms. The van der Waals surface area contributed by atoms with Gasteiger partial charge < -0.3 is 9.73 Å². The van der Waals surface area contributed by atoms with E-state index >= 15 is 0 Å². The summed E-state index contributed by atoms with van der Waals surface area (Å²) >= 11 is 0. The molecule has 1 heterocycles. The van der Waals surface area contributed by atoms with E-state index in [1.54, 1.807) is 13.2 Å². The van der Waals surface area contributed by atoms with Gasteiger partial charge in [0.2, 0.25) is 0 Å². The largest absolute Gasteiger partial charge is 0.469 e. The first kappa shape index (κ1) is 15.2. The van der Waals surface area contributed by atoms with Crippen LogP contribution >= 0.6 is 0 Å². The third kappa shape index (κ3) is 5.69. The highest BCUT2D eigenvalue weighted by Crippen LogP contribution is 2.06. The van der Waals surface area contributed by atoms with Gasteiger partial charge in [0.15, 0.2) is 9.84 Å². The molecule has 0 amide bonds. The molecule has 4 nitrogen and oxygen atoms in total. The summed E-state index contributed by atoms with van der Waals surface area (Å²) in [6, 6.07) is 4.10. The van der Waals surface area contributed by atoms with Gasteiger partial charge in [-0.3, -0.25) is 0 Å². The molecule has 5 heteroatoms. The van der Waals surface area contributed by atoms with Crippen LogP contribution in [0.15, 0.2) is 22.8 Å². The van der Waals surface area contributed by atoms with E-state index in [0.29, 0.717) is 0 Å². The Morgan fingerprint density at radius 2 is 2.06 bits per heavy atom. The van der Waals surface area contributed by atoms with Crippen molar-refractivity contribution in [3.63, 3.8) is 0 Å². The topological polar surface area (TPSA) is 59.3 Å². The van der Waals surface area contributed by atoms with Gasteiger partial charge in [-0.2, -0.15) is 0 Å². The van der Waals surface area contributed by atoms with Crippen molar-refractivity contribution in [2.24, 2.45) is 0 Å². The van der Waals surface area contributed by atoms with E-state index in [4.69, 9.17) is 4.42 Å². The molecule has 0 radical (unpaired) electrons. The van der Waals surface area contributed by atoms with Crippen LogP contribution in [-0.2, 0) is 16.3 Å². The maximum absolute atomic E-state index is 11.5. The Labute approximate surface area is 110 Å².